The molecule has 5 rings (SSSR count). The Morgan fingerprint density at radius 3 is 2.20 bits per heavy atom. The molecule has 3 aliphatic heterocycles. The average Bonchev–Trinajstić information content (AvgIpc) is 3.26. The number of hydrogen-bond donors (Lipinski definition) is 0. The zero-order chi connectivity index (χ0) is 20.8. The maximum Gasteiger partial charge on any atom is 0.240 e. The van der Waals surface area contributed by atoms with Gasteiger partial charge in [0.25, 0.3) is 0 Å². The molecule has 2 amide bonds. The maximum atomic E-state index is 13.5. The Kier molecular flexibility index (Phi) is 4.11. The zero-order valence-electron chi connectivity index (χ0n) is 15.9. The first-order valence-electron chi connectivity index (χ1n) is 9.71. The molecule has 4 unspecified atom stereocenters. The molecule has 0 radical (unpaired) electrons. The summed E-state index contributed by atoms with van der Waals surface area (Å²) in [6.07, 6.45) is 4.98. The molecule has 4 atom stereocenters. The average molecular weight is 395 g/mol. The molecule has 30 heavy (non-hydrogen) atoms. The summed E-state index contributed by atoms with van der Waals surface area (Å²) in [7, 11) is 0. The quantitative estimate of drug-likeness (QED) is 0.590. The molecule has 6 heteroatoms. The van der Waals surface area contributed by atoms with E-state index in [0.717, 1.165) is 0 Å². The number of imide groups is 1. The highest BCUT2D eigenvalue weighted by Crippen LogP contribution is 2.46. The molecule has 3 aliphatic rings. The van der Waals surface area contributed by atoms with Gasteiger partial charge in [0, 0.05) is 11.8 Å². The van der Waals surface area contributed by atoms with E-state index >= 15 is 0 Å². The van der Waals surface area contributed by atoms with Crippen LogP contribution in [-0.2, 0) is 9.59 Å². The highest BCUT2D eigenvalue weighted by atomic mass is 16.2. The second-order valence-electron chi connectivity index (χ2n) is 7.56. The summed E-state index contributed by atoms with van der Waals surface area (Å²) in [5.74, 6) is -2.45. The van der Waals surface area contributed by atoms with Crippen LogP contribution in [0.1, 0.15) is 10.4 Å². The number of allylic oxidation sites excluding steroid dienone is 2. The van der Waals surface area contributed by atoms with Gasteiger partial charge in [-0.3, -0.25) is 14.4 Å². The van der Waals surface area contributed by atoms with Gasteiger partial charge in [0.1, 0.15) is 6.04 Å². The number of fused-ring (bicyclic) bond motifs is 3. The number of ketones is 1. The molecule has 2 aromatic carbocycles. The fourth-order valence-corrected chi connectivity index (χ4v) is 4.73. The molecule has 0 spiro atoms. The fraction of sp³-hybridized carbons (Fsp3) is 0.167. The van der Waals surface area contributed by atoms with Gasteiger partial charge in [-0.15, -0.1) is 0 Å². The Morgan fingerprint density at radius 2 is 1.53 bits per heavy atom. The molecule has 3 heterocycles. The topological polar surface area (TPSA) is 81.5 Å². The Hall–Kier alpha value is -3.98. The molecule has 0 aliphatic carbocycles. The van der Waals surface area contributed by atoms with Crippen LogP contribution in [0.3, 0.4) is 0 Å². The van der Waals surface area contributed by atoms with Crippen molar-refractivity contribution in [3.8, 4) is 6.07 Å². The molecule has 0 aromatic heterocycles. The van der Waals surface area contributed by atoms with Gasteiger partial charge in [0.2, 0.25) is 11.8 Å². The van der Waals surface area contributed by atoms with Crippen molar-refractivity contribution >= 4 is 23.3 Å². The summed E-state index contributed by atoms with van der Waals surface area (Å²) in [6, 6.07) is 18.3. The van der Waals surface area contributed by atoms with Crippen LogP contribution in [0.4, 0.5) is 5.69 Å². The molecule has 0 N–H and O–H groups in total. The van der Waals surface area contributed by atoms with Crippen molar-refractivity contribution in [3.63, 3.8) is 0 Å². The van der Waals surface area contributed by atoms with Crippen LogP contribution in [0.5, 0.6) is 0 Å². The smallest absolute Gasteiger partial charge is 0.240 e. The van der Waals surface area contributed by atoms with Gasteiger partial charge in [0.05, 0.1) is 35.2 Å². The number of para-hydroxylation sites is 1. The van der Waals surface area contributed by atoms with E-state index in [2.05, 4.69) is 6.07 Å². The predicted octanol–water partition coefficient (Wildman–Crippen LogP) is 2.71. The largest absolute Gasteiger partial charge is 0.359 e. The number of Topliss-reactive ketones (excluding diaryl/α,β-unsaturated/α-hetero) is 1. The molecule has 146 valence electrons. The van der Waals surface area contributed by atoms with E-state index in [0.29, 0.717) is 16.8 Å². The van der Waals surface area contributed by atoms with Crippen molar-refractivity contribution in [2.45, 2.75) is 12.1 Å². The lowest BCUT2D eigenvalue weighted by molar-refractivity contribution is -0.123. The summed E-state index contributed by atoms with van der Waals surface area (Å²) in [4.78, 5) is 43.2. The minimum atomic E-state index is -0.811. The van der Waals surface area contributed by atoms with Crippen LogP contribution >= 0.6 is 0 Å². The van der Waals surface area contributed by atoms with Gasteiger partial charge >= 0.3 is 0 Å². The summed E-state index contributed by atoms with van der Waals surface area (Å²) >= 11 is 0. The Bertz CT molecular complexity index is 1150. The molecule has 2 saturated heterocycles. The van der Waals surface area contributed by atoms with Gasteiger partial charge in [-0.05, 0) is 24.3 Å². The van der Waals surface area contributed by atoms with Gasteiger partial charge in [-0.2, -0.15) is 5.26 Å². The highest BCUT2D eigenvalue weighted by Gasteiger charge is 2.63. The van der Waals surface area contributed by atoms with Gasteiger partial charge in [-0.25, -0.2) is 4.90 Å². The SMILES string of the molecule is N#CC1=CC2C3C(=O)N(c4ccccc4)C(=O)C3C(C(=O)c3ccccc3)N2C=C1. The lowest BCUT2D eigenvalue weighted by Gasteiger charge is -2.32. The maximum absolute atomic E-state index is 13.5. The second-order valence-corrected chi connectivity index (χ2v) is 7.56. The van der Waals surface area contributed by atoms with Gasteiger partial charge in [-0.1, -0.05) is 48.5 Å². The van der Waals surface area contributed by atoms with Crippen LogP contribution < -0.4 is 4.90 Å². The van der Waals surface area contributed by atoms with Crippen molar-refractivity contribution in [2.24, 2.45) is 11.8 Å². The van der Waals surface area contributed by atoms with Crippen LogP contribution in [0.25, 0.3) is 0 Å². The number of amides is 2. The highest BCUT2D eigenvalue weighted by molar-refractivity contribution is 6.24. The van der Waals surface area contributed by atoms with Crippen LogP contribution in [0, 0.1) is 23.2 Å². The van der Waals surface area contributed by atoms with E-state index in [1.165, 1.54) is 4.90 Å². The molecule has 0 bridgehead atoms. The second kappa shape index (κ2) is 6.82. The van der Waals surface area contributed by atoms with Crippen molar-refractivity contribution in [1.29, 1.82) is 5.26 Å². The standard InChI is InChI=1S/C24H17N3O3/c25-14-15-11-12-26-18(13-15)19-20(21(26)22(28)16-7-3-1-4-8-16)24(30)27(23(19)29)17-9-5-2-6-10-17/h1-13,18-21H. The summed E-state index contributed by atoms with van der Waals surface area (Å²) in [5, 5.41) is 9.34. The van der Waals surface area contributed by atoms with E-state index in [-0.39, 0.29) is 17.6 Å². The fourth-order valence-electron chi connectivity index (χ4n) is 4.73. The summed E-state index contributed by atoms with van der Waals surface area (Å²) in [5.41, 5.74) is 1.40. The number of hydrogen-bond acceptors (Lipinski definition) is 5. The summed E-state index contributed by atoms with van der Waals surface area (Å²) in [6.45, 7) is 0. The predicted molar refractivity (Wildman–Crippen MR) is 109 cm³/mol. The van der Waals surface area contributed by atoms with Crippen molar-refractivity contribution < 1.29 is 14.4 Å². The Balaban J connectivity index is 1.62. The van der Waals surface area contributed by atoms with Gasteiger partial charge < -0.3 is 4.90 Å². The number of carbonyl (C=O) groups is 3. The van der Waals surface area contributed by atoms with E-state index < -0.39 is 23.9 Å². The Morgan fingerprint density at radius 1 is 0.900 bits per heavy atom. The van der Waals surface area contributed by atoms with E-state index in [1.54, 1.807) is 71.8 Å². The molecular weight excluding hydrogens is 378 g/mol. The first-order chi connectivity index (χ1) is 14.6. The monoisotopic (exact) mass is 395 g/mol. The first-order valence-corrected chi connectivity index (χ1v) is 9.71. The van der Waals surface area contributed by atoms with Crippen LogP contribution in [-0.4, -0.2) is 34.6 Å². The minimum absolute atomic E-state index is 0.206. The molecule has 2 aromatic rings. The van der Waals surface area contributed by atoms with Crippen molar-refractivity contribution in [2.75, 3.05) is 4.90 Å². The number of anilines is 1. The number of nitriles is 1. The van der Waals surface area contributed by atoms with E-state index in [9.17, 15) is 19.6 Å². The lowest BCUT2D eigenvalue weighted by atomic mass is 9.86. The first kappa shape index (κ1) is 18.1. The molecular formula is C24H17N3O3. The van der Waals surface area contributed by atoms with E-state index in [1.807, 2.05) is 12.1 Å². The molecule has 2 fully saturated rings. The number of rotatable bonds is 3. The van der Waals surface area contributed by atoms with Gasteiger partial charge in [0.15, 0.2) is 5.78 Å². The minimum Gasteiger partial charge on any atom is -0.359 e. The van der Waals surface area contributed by atoms with Crippen LogP contribution in [0.15, 0.2) is 84.6 Å². The van der Waals surface area contributed by atoms with Crippen LogP contribution in [0.2, 0.25) is 0 Å². The van der Waals surface area contributed by atoms with Crippen molar-refractivity contribution in [1.82, 2.24) is 4.90 Å². The lowest BCUT2D eigenvalue weighted by Crippen LogP contribution is -2.46. The third-order valence-electron chi connectivity index (χ3n) is 6.02. The number of benzene rings is 2. The zero-order valence-corrected chi connectivity index (χ0v) is 15.9. The molecule has 0 saturated carbocycles. The normalized spacial score (nSPS) is 26.8. The van der Waals surface area contributed by atoms with E-state index in [4.69, 9.17) is 0 Å². The third kappa shape index (κ3) is 2.52. The molecule has 6 nitrogen and oxygen atoms in total. The third-order valence-corrected chi connectivity index (χ3v) is 6.02. The summed E-state index contributed by atoms with van der Waals surface area (Å²) < 4.78 is 0. The Labute approximate surface area is 173 Å². The number of carbonyl (C=O) groups excluding carboxylic acids is 3. The number of nitrogens with zero attached hydrogens (tertiary/aromatic N) is 3. The van der Waals surface area contributed by atoms with Crippen molar-refractivity contribution in [3.05, 3.63) is 90.2 Å².